The summed E-state index contributed by atoms with van der Waals surface area (Å²) in [6.45, 7) is 9.99. The zero-order valence-corrected chi connectivity index (χ0v) is 21.6. The molecule has 3 aliphatic heterocycles. The minimum atomic E-state index is 0.134. The Labute approximate surface area is 218 Å². The molecule has 3 saturated heterocycles. The number of amides is 1. The molecule has 6 rings (SSSR count). The first-order chi connectivity index (χ1) is 18.2. The van der Waals surface area contributed by atoms with Gasteiger partial charge in [-0.1, -0.05) is 0 Å². The van der Waals surface area contributed by atoms with E-state index in [2.05, 4.69) is 20.4 Å². The third-order valence-corrected chi connectivity index (χ3v) is 7.97. The van der Waals surface area contributed by atoms with E-state index < -0.39 is 0 Å². The molecule has 3 aromatic rings. The summed E-state index contributed by atoms with van der Waals surface area (Å²) in [7, 11) is 0. The number of likely N-dealkylation sites (tertiary alicyclic amines) is 2. The van der Waals surface area contributed by atoms with Crippen LogP contribution >= 0.6 is 0 Å². The molecule has 1 aromatic carbocycles. The van der Waals surface area contributed by atoms with Gasteiger partial charge in [-0.05, 0) is 62.1 Å². The van der Waals surface area contributed by atoms with Crippen molar-refractivity contribution in [2.75, 3.05) is 65.6 Å². The fraction of sp³-hybridized carbons (Fsp3) is 0.517. The van der Waals surface area contributed by atoms with Crippen LogP contribution in [-0.2, 0) is 4.74 Å². The molecule has 0 unspecified atom stereocenters. The lowest BCUT2D eigenvalue weighted by Crippen LogP contribution is -2.44. The Kier molecular flexibility index (Phi) is 7.39. The van der Waals surface area contributed by atoms with Crippen LogP contribution < -0.4 is 4.74 Å². The zero-order chi connectivity index (χ0) is 25.0. The topological polar surface area (TPSA) is 63.1 Å². The highest BCUT2D eigenvalue weighted by Gasteiger charge is 2.22. The molecule has 1 amide bonds. The van der Waals surface area contributed by atoms with E-state index in [0.717, 1.165) is 119 Å². The van der Waals surface area contributed by atoms with E-state index in [0.29, 0.717) is 0 Å². The highest BCUT2D eigenvalue weighted by atomic mass is 16.5. The summed E-state index contributed by atoms with van der Waals surface area (Å²) in [5.41, 5.74) is 1.81. The van der Waals surface area contributed by atoms with Gasteiger partial charge in [-0.25, -0.2) is 4.98 Å². The van der Waals surface area contributed by atoms with Gasteiger partial charge in [-0.2, -0.15) is 0 Å². The molecule has 8 nitrogen and oxygen atoms in total. The molecule has 0 spiro atoms. The number of hydrogen-bond acceptors (Lipinski definition) is 6. The SMILES string of the molecule is O=C(c1ccc2c(ccn2-c2ccc(OC3CCN(CCN4CCOCC4)CC3)cn2)c1)N1CCCC1. The van der Waals surface area contributed by atoms with Crippen LogP contribution in [0.1, 0.15) is 36.0 Å². The highest BCUT2D eigenvalue weighted by molar-refractivity contribution is 5.98. The Balaban J connectivity index is 1.03. The summed E-state index contributed by atoms with van der Waals surface area (Å²) in [5.74, 6) is 1.80. The maximum absolute atomic E-state index is 12.8. The summed E-state index contributed by atoms with van der Waals surface area (Å²) in [6, 6.07) is 12.0. The largest absolute Gasteiger partial charge is 0.489 e. The lowest BCUT2D eigenvalue weighted by molar-refractivity contribution is 0.0289. The normalized spacial score (nSPS) is 20.1. The predicted octanol–water partition coefficient (Wildman–Crippen LogP) is 3.44. The van der Waals surface area contributed by atoms with E-state index in [1.807, 2.05) is 47.6 Å². The van der Waals surface area contributed by atoms with Crippen molar-refractivity contribution in [1.82, 2.24) is 24.3 Å². The molecular formula is C29H37N5O3. The fourth-order valence-electron chi connectivity index (χ4n) is 5.71. The number of rotatable bonds is 7. The van der Waals surface area contributed by atoms with Crippen molar-refractivity contribution in [3.8, 4) is 11.6 Å². The lowest BCUT2D eigenvalue weighted by Gasteiger charge is -2.34. The van der Waals surface area contributed by atoms with Gasteiger partial charge in [0.1, 0.15) is 17.7 Å². The quantitative estimate of drug-likeness (QED) is 0.492. The zero-order valence-electron chi connectivity index (χ0n) is 21.6. The highest BCUT2D eigenvalue weighted by Crippen LogP contribution is 2.24. The second-order valence-corrected chi connectivity index (χ2v) is 10.4. The van der Waals surface area contributed by atoms with E-state index in [9.17, 15) is 4.79 Å². The minimum absolute atomic E-state index is 0.134. The maximum atomic E-state index is 12.8. The van der Waals surface area contributed by atoms with Crippen molar-refractivity contribution in [2.24, 2.45) is 0 Å². The van der Waals surface area contributed by atoms with Gasteiger partial charge >= 0.3 is 0 Å². The number of benzene rings is 1. The lowest BCUT2D eigenvalue weighted by atomic mass is 10.1. The summed E-state index contributed by atoms with van der Waals surface area (Å²) in [4.78, 5) is 24.5. The fourth-order valence-corrected chi connectivity index (χ4v) is 5.71. The Morgan fingerprint density at radius 3 is 2.41 bits per heavy atom. The van der Waals surface area contributed by atoms with E-state index in [-0.39, 0.29) is 12.0 Å². The summed E-state index contributed by atoms with van der Waals surface area (Å²) in [6.07, 6.45) is 8.39. The van der Waals surface area contributed by atoms with Gasteiger partial charge in [0.15, 0.2) is 0 Å². The molecule has 37 heavy (non-hydrogen) atoms. The first kappa shape index (κ1) is 24.4. The molecule has 0 atom stereocenters. The number of morpholine rings is 1. The Morgan fingerprint density at radius 2 is 1.68 bits per heavy atom. The number of fused-ring (bicyclic) bond motifs is 1. The van der Waals surface area contributed by atoms with E-state index in [1.165, 1.54) is 0 Å². The first-order valence-corrected chi connectivity index (χ1v) is 13.8. The number of piperidine rings is 1. The van der Waals surface area contributed by atoms with Crippen molar-refractivity contribution in [3.05, 3.63) is 54.4 Å². The molecular weight excluding hydrogens is 466 g/mol. The number of hydrogen-bond donors (Lipinski definition) is 0. The third-order valence-electron chi connectivity index (χ3n) is 7.97. The standard InChI is InChI=1S/C29H37N5O3/c35-29(33-10-1-2-11-33)24-3-5-27-23(21-24)7-14-34(27)28-6-4-26(22-30-28)37-25-8-12-31(13-9-25)15-16-32-17-19-36-20-18-32/h3-7,14,21-22,25H,1-2,8-13,15-20H2. The average Bonchev–Trinajstić information content (AvgIpc) is 3.64. The monoisotopic (exact) mass is 503 g/mol. The van der Waals surface area contributed by atoms with Crippen molar-refractivity contribution in [1.29, 1.82) is 0 Å². The Bertz CT molecular complexity index is 1190. The van der Waals surface area contributed by atoms with Crippen LogP contribution in [-0.4, -0.2) is 102 Å². The first-order valence-electron chi connectivity index (χ1n) is 13.8. The van der Waals surface area contributed by atoms with Crippen molar-refractivity contribution in [3.63, 3.8) is 0 Å². The Morgan fingerprint density at radius 1 is 0.919 bits per heavy atom. The van der Waals surface area contributed by atoms with Gasteiger partial charge in [0, 0.05) is 69.5 Å². The molecule has 3 fully saturated rings. The van der Waals surface area contributed by atoms with Crippen LogP contribution in [0.4, 0.5) is 0 Å². The minimum Gasteiger partial charge on any atom is -0.489 e. The molecule has 0 aliphatic carbocycles. The number of aromatic nitrogens is 2. The number of pyridine rings is 1. The second kappa shape index (κ2) is 11.2. The molecule has 0 N–H and O–H groups in total. The molecule has 3 aliphatic rings. The molecule has 8 heteroatoms. The van der Waals surface area contributed by atoms with E-state index >= 15 is 0 Å². The van der Waals surface area contributed by atoms with Gasteiger partial charge < -0.3 is 23.8 Å². The van der Waals surface area contributed by atoms with Gasteiger partial charge in [0.2, 0.25) is 0 Å². The number of nitrogens with zero attached hydrogens (tertiary/aromatic N) is 5. The van der Waals surface area contributed by atoms with Crippen LogP contribution in [0.5, 0.6) is 5.75 Å². The van der Waals surface area contributed by atoms with Crippen LogP contribution in [0.2, 0.25) is 0 Å². The smallest absolute Gasteiger partial charge is 0.253 e. The van der Waals surface area contributed by atoms with Gasteiger partial charge in [0.25, 0.3) is 5.91 Å². The number of ether oxygens (including phenoxy) is 2. The molecule has 0 radical (unpaired) electrons. The number of carbonyl (C=O) groups is 1. The maximum Gasteiger partial charge on any atom is 0.253 e. The number of carbonyl (C=O) groups excluding carboxylic acids is 1. The third kappa shape index (κ3) is 5.66. The molecule has 0 saturated carbocycles. The van der Waals surface area contributed by atoms with Gasteiger partial charge in [-0.15, -0.1) is 0 Å². The Hall–Kier alpha value is -2.94. The van der Waals surface area contributed by atoms with Gasteiger partial charge in [-0.3, -0.25) is 9.69 Å². The summed E-state index contributed by atoms with van der Waals surface area (Å²) >= 11 is 0. The molecule has 5 heterocycles. The summed E-state index contributed by atoms with van der Waals surface area (Å²) in [5, 5.41) is 1.05. The van der Waals surface area contributed by atoms with Crippen molar-refractivity contribution in [2.45, 2.75) is 31.8 Å². The van der Waals surface area contributed by atoms with Crippen LogP contribution in [0.15, 0.2) is 48.8 Å². The van der Waals surface area contributed by atoms with Gasteiger partial charge in [0.05, 0.1) is 24.9 Å². The average molecular weight is 504 g/mol. The van der Waals surface area contributed by atoms with Crippen LogP contribution in [0.3, 0.4) is 0 Å². The second-order valence-electron chi connectivity index (χ2n) is 10.4. The van der Waals surface area contributed by atoms with E-state index in [4.69, 9.17) is 14.5 Å². The van der Waals surface area contributed by atoms with Crippen LogP contribution in [0, 0.1) is 0 Å². The molecule has 0 bridgehead atoms. The van der Waals surface area contributed by atoms with Crippen LogP contribution in [0.25, 0.3) is 16.7 Å². The van der Waals surface area contributed by atoms with Crippen molar-refractivity contribution < 1.29 is 14.3 Å². The molecule has 2 aromatic heterocycles. The van der Waals surface area contributed by atoms with Crippen molar-refractivity contribution >= 4 is 16.8 Å². The summed E-state index contributed by atoms with van der Waals surface area (Å²) < 4.78 is 13.8. The predicted molar refractivity (Wildman–Crippen MR) is 144 cm³/mol. The molecule has 196 valence electrons. The van der Waals surface area contributed by atoms with E-state index in [1.54, 1.807) is 0 Å².